The van der Waals surface area contributed by atoms with E-state index in [1.807, 2.05) is 0 Å². The highest BCUT2D eigenvalue weighted by Gasteiger charge is 2.01. The van der Waals surface area contributed by atoms with Crippen molar-refractivity contribution in [3.8, 4) is 0 Å². The lowest BCUT2D eigenvalue weighted by atomic mass is 10.2. The Balaban J connectivity index is 2.26. The van der Waals surface area contributed by atoms with Crippen LogP contribution < -0.4 is 16.8 Å². The molecule has 0 aliphatic carbocycles. The van der Waals surface area contributed by atoms with Crippen LogP contribution in [0.15, 0.2) is 24.3 Å². The molecule has 0 spiro atoms. The van der Waals surface area contributed by atoms with Crippen LogP contribution in [0.5, 0.6) is 0 Å². The van der Waals surface area contributed by atoms with Gasteiger partial charge in [0.05, 0.1) is 0 Å². The van der Waals surface area contributed by atoms with Crippen molar-refractivity contribution >= 4 is 17.3 Å². The van der Waals surface area contributed by atoms with Crippen molar-refractivity contribution in [1.82, 2.24) is 0 Å². The van der Waals surface area contributed by atoms with Crippen LogP contribution in [0.3, 0.4) is 0 Å². The molecule has 16 heavy (non-hydrogen) atoms. The molecule has 0 aromatic heterocycles. The zero-order valence-corrected chi connectivity index (χ0v) is 9.41. The van der Waals surface area contributed by atoms with Crippen LogP contribution in [-0.4, -0.2) is 12.5 Å². The maximum absolute atomic E-state index is 11.5. The number of benzene rings is 1. The van der Waals surface area contributed by atoms with E-state index < -0.39 is 0 Å². The highest BCUT2D eigenvalue weighted by atomic mass is 16.1. The van der Waals surface area contributed by atoms with Crippen molar-refractivity contribution in [3.63, 3.8) is 0 Å². The molecule has 0 saturated carbocycles. The number of amides is 1. The molecule has 0 atom stereocenters. The van der Waals surface area contributed by atoms with E-state index in [4.69, 9.17) is 11.5 Å². The molecule has 0 fully saturated rings. The van der Waals surface area contributed by atoms with E-state index in [2.05, 4.69) is 5.32 Å². The molecule has 4 nitrogen and oxygen atoms in total. The van der Waals surface area contributed by atoms with E-state index in [-0.39, 0.29) is 5.91 Å². The summed E-state index contributed by atoms with van der Waals surface area (Å²) in [5.74, 6) is 0.0433. The van der Waals surface area contributed by atoms with E-state index in [0.717, 1.165) is 24.9 Å². The number of unbranched alkanes of at least 4 members (excludes halogenated alkanes) is 2. The number of hydrogen-bond acceptors (Lipinski definition) is 3. The van der Waals surface area contributed by atoms with E-state index >= 15 is 0 Å². The molecule has 1 rings (SSSR count). The van der Waals surface area contributed by atoms with Gasteiger partial charge >= 0.3 is 0 Å². The van der Waals surface area contributed by atoms with Gasteiger partial charge in [0.25, 0.3) is 0 Å². The summed E-state index contributed by atoms with van der Waals surface area (Å²) in [6.07, 6.45) is 3.42. The van der Waals surface area contributed by atoms with Gasteiger partial charge in [-0.05, 0) is 43.7 Å². The predicted molar refractivity (Wildman–Crippen MR) is 67.0 cm³/mol. The average molecular weight is 221 g/mol. The van der Waals surface area contributed by atoms with E-state index in [0.29, 0.717) is 18.7 Å². The minimum atomic E-state index is 0.0433. The number of nitrogen functional groups attached to an aromatic ring is 1. The van der Waals surface area contributed by atoms with Crippen LogP contribution in [0, 0.1) is 0 Å². The topological polar surface area (TPSA) is 81.1 Å². The molecule has 0 radical (unpaired) electrons. The molecular weight excluding hydrogens is 202 g/mol. The normalized spacial score (nSPS) is 10.1. The molecule has 1 aromatic rings. The Bertz CT molecular complexity index is 322. The standard InChI is InChI=1S/C12H19N3O/c13-9-3-1-2-4-12(16)15-11-7-5-10(14)6-8-11/h5-8H,1-4,9,13-14H2,(H,15,16). The Hall–Kier alpha value is -1.55. The van der Waals surface area contributed by atoms with Gasteiger partial charge in [-0.25, -0.2) is 0 Å². The number of nitrogens with one attached hydrogen (secondary N) is 1. The van der Waals surface area contributed by atoms with Crippen LogP contribution in [0.4, 0.5) is 11.4 Å². The monoisotopic (exact) mass is 221 g/mol. The molecule has 0 aliphatic heterocycles. The lowest BCUT2D eigenvalue weighted by Gasteiger charge is -2.05. The van der Waals surface area contributed by atoms with Crippen LogP contribution in [0.25, 0.3) is 0 Å². The number of carbonyl (C=O) groups is 1. The van der Waals surface area contributed by atoms with E-state index in [9.17, 15) is 4.79 Å². The second-order valence-electron chi connectivity index (χ2n) is 3.77. The highest BCUT2D eigenvalue weighted by Crippen LogP contribution is 2.11. The third-order valence-electron chi connectivity index (χ3n) is 2.30. The van der Waals surface area contributed by atoms with Gasteiger partial charge in [-0.3, -0.25) is 4.79 Å². The van der Waals surface area contributed by atoms with Crippen LogP contribution in [0.2, 0.25) is 0 Å². The van der Waals surface area contributed by atoms with Gasteiger partial charge in [-0.15, -0.1) is 0 Å². The van der Waals surface area contributed by atoms with Gasteiger partial charge in [0, 0.05) is 17.8 Å². The minimum Gasteiger partial charge on any atom is -0.399 e. The SMILES string of the molecule is NCCCCCC(=O)Nc1ccc(N)cc1. The first kappa shape index (κ1) is 12.5. The van der Waals surface area contributed by atoms with E-state index in [1.165, 1.54) is 0 Å². The smallest absolute Gasteiger partial charge is 0.224 e. The van der Waals surface area contributed by atoms with Crippen LogP contribution in [-0.2, 0) is 4.79 Å². The molecule has 88 valence electrons. The van der Waals surface area contributed by atoms with Gasteiger partial charge in [0.2, 0.25) is 5.91 Å². The summed E-state index contributed by atoms with van der Waals surface area (Å²) < 4.78 is 0. The largest absolute Gasteiger partial charge is 0.399 e. The molecule has 0 saturated heterocycles. The van der Waals surface area contributed by atoms with Crippen LogP contribution in [0.1, 0.15) is 25.7 Å². The molecular formula is C12H19N3O. The van der Waals surface area contributed by atoms with Gasteiger partial charge in [-0.2, -0.15) is 0 Å². The molecule has 0 unspecified atom stereocenters. The third-order valence-corrected chi connectivity index (χ3v) is 2.30. The third kappa shape index (κ3) is 4.79. The Morgan fingerprint density at radius 1 is 1.12 bits per heavy atom. The fraction of sp³-hybridized carbons (Fsp3) is 0.417. The number of rotatable bonds is 6. The van der Waals surface area contributed by atoms with Crippen molar-refractivity contribution in [2.45, 2.75) is 25.7 Å². The Morgan fingerprint density at radius 2 is 1.81 bits per heavy atom. The Kier molecular flexibility index (Phi) is 5.36. The second-order valence-corrected chi connectivity index (χ2v) is 3.77. The maximum atomic E-state index is 11.5. The predicted octanol–water partition coefficient (Wildman–Crippen LogP) is 1.73. The summed E-state index contributed by atoms with van der Waals surface area (Å²) in [4.78, 5) is 11.5. The van der Waals surface area contributed by atoms with Gasteiger partial charge in [-0.1, -0.05) is 6.42 Å². The Morgan fingerprint density at radius 3 is 2.44 bits per heavy atom. The van der Waals surface area contributed by atoms with Crippen molar-refractivity contribution in [2.24, 2.45) is 5.73 Å². The maximum Gasteiger partial charge on any atom is 0.224 e. The summed E-state index contributed by atoms with van der Waals surface area (Å²) in [7, 11) is 0. The lowest BCUT2D eigenvalue weighted by Crippen LogP contribution is -2.11. The molecule has 0 heterocycles. The fourth-order valence-corrected chi connectivity index (χ4v) is 1.40. The zero-order chi connectivity index (χ0) is 11.8. The first-order valence-electron chi connectivity index (χ1n) is 5.58. The van der Waals surface area contributed by atoms with Gasteiger partial charge in [0.15, 0.2) is 0 Å². The summed E-state index contributed by atoms with van der Waals surface area (Å²) in [6.45, 7) is 0.694. The molecule has 0 aliphatic rings. The minimum absolute atomic E-state index is 0.0433. The average Bonchev–Trinajstić information content (AvgIpc) is 2.28. The summed E-state index contributed by atoms with van der Waals surface area (Å²) >= 11 is 0. The zero-order valence-electron chi connectivity index (χ0n) is 9.41. The summed E-state index contributed by atoms with van der Waals surface area (Å²) in [5.41, 5.74) is 12.4. The second kappa shape index (κ2) is 6.85. The fourth-order valence-electron chi connectivity index (χ4n) is 1.40. The first-order valence-corrected chi connectivity index (χ1v) is 5.58. The summed E-state index contributed by atoms with van der Waals surface area (Å²) in [6, 6.07) is 7.13. The van der Waals surface area contributed by atoms with Crippen molar-refractivity contribution in [2.75, 3.05) is 17.6 Å². The molecule has 5 N–H and O–H groups in total. The summed E-state index contributed by atoms with van der Waals surface area (Å²) in [5, 5.41) is 2.82. The molecule has 1 amide bonds. The number of hydrogen-bond donors (Lipinski definition) is 3. The molecule has 0 bridgehead atoms. The van der Waals surface area contributed by atoms with Crippen molar-refractivity contribution < 1.29 is 4.79 Å². The van der Waals surface area contributed by atoms with Crippen molar-refractivity contribution in [3.05, 3.63) is 24.3 Å². The Labute approximate surface area is 96.0 Å². The molecule has 1 aromatic carbocycles. The number of nitrogens with two attached hydrogens (primary N) is 2. The van der Waals surface area contributed by atoms with Crippen molar-refractivity contribution in [1.29, 1.82) is 0 Å². The van der Waals surface area contributed by atoms with Gasteiger partial charge in [0.1, 0.15) is 0 Å². The lowest BCUT2D eigenvalue weighted by molar-refractivity contribution is -0.116. The quantitative estimate of drug-likeness (QED) is 0.505. The molecule has 4 heteroatoms. The van der Waals surface area contributed by atoms with E-state index in [1.54, 1.807) is 24.3 Å². The number of anilines is 2. The van der Waals surface area contributed by atoms with Gasteiger partial charge < -0.3 is 16.8 Å². The first-order chi connectivity index (χ1) is 7.72. The highest BCUT2D eigenvalue weighted by molar-refractivity contribution is 5.90. The van der Waals surface area contributed by atoms with Crippen LogP contribution >= 0.6 is 0 Å². The number of carbonyl (C=O) groups excluding carboxylic acids is 1.